The Morgan fingerprint density at radius 3 is 2.64 bits per heavy atom. The van der Waals surface area contributed by atoms with E-state index in [4.69, 9.17) is 5.11 Å². The molecule has 0 saturated carbocycles. The van der Waals surface area contributed by atoms with Crippen LogP contribution in [0, 0.1) is 0 Å². The van der Waals surface area contributed by atoms with Gasteiger partial charge < -0.3 is 10.0 Å². The molecule has 0 spiro atoms. The Morgan fingerprint density at radius 1 is 1.36 bits per heavy atom. The van der Waals surface area contributed by atoms with E-state index in [0.717, 1.165) is 11.0 Å². The first-order valence-corrected chi connectivity index (χ1v) is 6.07. The fourth-order valence-electron chi connectivity index (χ4n) is 1.69. The third kappa shape index (κ3) is 3.68. The molecule has 116 valence electrons. The van der Waals surface area contributed by atoms with Crippen molar-refractivity contribution in [1.82, 2.24) is 15.0 Å². The lowest BCUT2D eigenvalue weighted by molar-refractivity contribution is -0.141. The van der Waals surface area contributed by atoms with Crippen molar-refractivity contribution < 1.29 is 23.1 Å². The molecule has 2 rings (SSSR count). The zero-order chi connectivity index (χ0) is 16.3. The number of anilines is 1. The summed E-state index contributed by atoms with van der Waals surface area (Å²) in [6.45, 7) is -0.520. The van der Waals surface area contributed by atoms with Gasteiger partial charge in [0.2, 0.25) is 5.95 Å². The van der Waals surface area contributed by atoms with Crippen LogP contribution in [0.5, 0.6) is 0 Å². The number of carboxylic acids is 1. The fraction of sp³-hybridized carbons (Fsp3) is 0.231. The van der Waals surface area contributed by atoms with Crippen LogP contribution in [0.1, 0.15) is 5.69 Å². The van der Waals surface area contributed by atoms with Gasteiger partial charge in [0.15, 0.2) is 5.69 Å². The summed E-state index contributed by atoms with van der Waals surface area (Å²) in [4.78, 5) is 22.9. The molecule has 0 aliphatic carbocycles. The molecule has 0 fully saturated rings. The van der Waals surface area contributed by atoms with Gasteiger partial charge in [0.1, 0.15) is 6.54 Å². The topological polar surface area (TPSA) is 79.2 Å². The van der Waals surface area contributed by atoms with Crippen molar-refractivity contribution in [3.8, 4) is 11.3 Å². The Hall–Kier alpha value is -2.71. The molecule has 0 aliphatic rings. The number of pyridine rings is 1. The van der Waals surface area contributed by atoms with E-state index in [1.807, 2.05) is 0 Å². The quantitative estimate of drug-likeness (QED) is 0.931. The molecule has 2 aromatic rings. The van der Waals surface area contributed by atoms with Crippen LogP contribution < -0.4 is 4.90 Å². The minimum Gasteiger partial charge on any atom is -0.480 e. The number of carbonyl (C=O) groups is 1. The molecule has 0 unspecified atom stereocenters. The van der Waals surface area contributed by atoms with Crippen LogP contribution in [0.3, 0.4) is 0 Å². The van der Waals surface area contributed by atoms with Gasteiger partial charge in [-0.2, -0.15) is 13.2 Å². The van der Waals surface area contributed by atoms with E-state index in [1.165, 1.54) is 19.4 Å². The summed E-state index contributed by atoms with van der Waals surface area (Å²) >= 11 is 0. The third-order valence-electron chi connectivity index (χ3n) is 2.68. The lowest BCUT2D eigenvalue weighted by Crippen LogP contribution is -2.28. The SMILES string of the molecule is CN(CC(=O)O)c1nc(-c2cccnc2)cc(C(F)(F)F)n1. The molecule has 9 heteroatoms. The lowest BCUT2D eigenvalue weighted by Gasteiger charge is -2.17. The first-order chi connectivity index (χ1) is 10.3. The Balaban J connectivity index is 2.53. The molecule has 0 radical (unpaired) electrons. The second-order valence-electron chi connectivity index (χ2n) is 4.43. The van der Waals surface area contributed by atoms with Gasteiger partial charge >= 0.3 is 12.1 Å². The zero-order valence-electron chi connectivity index (χ0n) is 11.4. The van der Waals surface area contributed by atoms with Gasteiger partial charge in [0.05, 0.1) is 5.69 Å². The lowest BCUT2D eigenvalue weighted by atomic mass is 10.2. The molecular formula is C13H11F3N4O2. The molecule has 0 saturated heterocycles. The molecule has 0 atom stereocenters. The number of halogens is 3. The van der Waals surface area contributed by atoms with Crippen molar-refractivity contribution in [1.29, 1.82) is 0 Å². The van der Waals surface area contributed by atoms with Crippen LogP contribution in [0.4, 0.5) is 19.1 Å². The van der Waals surface area contributed by atoms with Crippen LogP contribution in [0.2, 0.25) is 0 Å². The monoisotopic (exact) mass is 312 g/mol. The van der Waals surface area contributed by atoms with Crippen molar-refractivity contribution in [2.45, 2.75) is 6.18 Å². The van der Waals surface area contributed by atoms with E-state index >= 15 is 0 Å². The predicted molar refractivity (Wildman–Crippen MR) is 71.2 cm³/mol. The summed E-state index contributed by atoms with van der Waals surface area (Å²) < 4.78 is 38.8. The van der Waals surface area contributed by atoms with E-state index in [1.54, 1.807) is 12.1 Å². The third-order valence-corrected chi connectivity index (χ3v) is 2.68. The fourth-order valence-corrected chi connectivity index (χ4v) is 1.69. The largest absolute Gasteiger partial charge is 0.480 e. The summed E-state index contributed by atoms with van der Waals surface area (Å²) in [6, 6.07) is 3.91. The van der Waals surface area contributed by atoms with Crippen molar-refractivity contribution in [3.63, 3.8) is 0 Å². The van der Waals surface area contributed by atoms with Crippen molar-refractivity contribution in [2.75, 3.05) is 18.5 Å². The molecule has 22 heavy (non-hydrogen) atoms. The van der Waals surface area contributed by atoms with Crippen molar-refractivity contribution in [2.24, 2.45) is 0 Å². The minimum atomic E-state index is -4.67. The molecule has 0 aromatic carbocycles. The summed E-state index contributed by atoms with van der Waals surface area (Å²) in [5.41, 5.74) is -0.753. The Labute approximate surface area is 123 Å². The Morgan fingerprint density at radius 2 is 2.09 bits per heavy atom. The molecule has 0 aliphatic heterocycles. The molecule has 6 nitrogen and oxygen atoms in total. The van der Waals surface area contributed by atoms with Crippen LogP contribution in [-0.4, -0.2) is 39.6 Å². The molecule has 2 aromatic heterocycles. The van der Waals surface area contributed by atoms with Gasteiger partial charge in [-0.15, -0.1) is 0 Å². The molecule has 1 N–H and O–H groups in total. The van der Waals surface area contributed by atoms with Gasteiger partial charge in [-0.05, 0) is 18.2 Å². The maximum absolute atomic E-state index is 12.9. The van der Waals surface area contributed by atoms with Gasteiger partial charge in [-0.1, -0.05) is 0 Å². The smallest absolute Gasteiger partial charge is 0.433 e. The number of carboxylic acid groups (broad SMARTS) is 1. The zero-order valence-corrected chi connectivity index (χ0v) is 11.4. The van der Waals surface area contributed by atoms with E-state index < -0.39 is 24.4 Å². The van der Waals surface area contributed by atoms with Gasteiger partial charge in [0, 0.05) is 25.0 Å². The second-order valence-corrected chi connectivity index (χ2v) is 4.43. The second kappa shape index (κ2) is 5.96. The maximum Gasteiger partial charge on any atom is 0.433 e. The first-order valence-electron chi connectivity index (χ1n) is 6.07. The number of nitrogens with zero attached hydrogens (tertiary/aromatic N) is 4. The van der Waals surface area contributed by atoms with Gasteiger partial charge in [0.25, 0.3) is 0 Å². The number of alkyl halides is 3. The number of hydrogen-bond donors (Lipinski definition) is 1. The highest BCUT2D eigenvalue weighted by molar-refractivity contribution is 5.72. The van der Waals surface area contributed by atoms with E-state index in [9.17, 15) is 18.0 Å². The summed E-state index contributed by atoms with van der Waals surface area (Å²) in [5.74, 6) is -1.53. The van der Waals surface area contributed by atoms with Crippen LogP contribution in [0.25, 0.3) is 11.3 Å². The number of aliphatic carboxylic acids is 1. The normalized spacial score (nSPS) is 11.3. The number of likely N-dealkylation sites (N-methyl/N-ethyl adjacent to an activating group) is 1. The average Bonchev–Trinajstić information content (AvgIpc) is 2.46. The minimum absolute atomic E-state index is 0.0164. The summed E-state index contributed by atoms with van der Waals surface area (Å²) in [6.07, 6.45) is -1.82. The molecule has 0 bridgehead atoms. The summed E-state index contributed by atoms with van der Waals surface area (Å²) in [7, 11) is 1.30. The van der Waals surface area contributed by atoms with E-state index in [-0.39, 0.29) is 11.6 Å². The summed E-state index contributed by atoms with van der Waals surface area (Å²) in [5, 5.41) is 8.73. The highest BCUT2D eigenvalue weighted by Gasteiger charge is 2.34. The molecule has 2 heterocycles. The predicted octanol–water partition coefficient (Wildman–Crippen LogP) is 2.08. The van der Waals surface area contributed by atoms with Crippen molar-refractivity contribution in [3.05, 3.63) is 36.3 Å². The molecular weight excluding hydrogens is 301 g/mol. The highest BCUT2D eigenvalue weighted by Crippen LogP contribution is 2.31. The molecule has 0 amide bonds. The number of rotatable bonds is 4. The van der Waals surface area contributed by atoms with Crippen LogP contribution >= 0.6 is 0 Å². The number of hydrogen-bond acceptors (Lipinski definition) is 5. The van der Waals surface area contributed by atoms with Crippen LogP contribution in [0.15, 0.2) is 30.6 Å². The van der Waals surface area contributed by atoms with Gasteiger partial charge in [-0.3, -0.25) is 9.78 Å². The van der Waals surface area contributed by atoms with E-state index in [0.29, 0.717) is 5.56 Å². The average molecular weight is 312 g/mol. The van der Waals surface area contributed by atoms with Gasteiger partial charge in [-0.25, -0.2) is 9.97 Å². The number of aromatic nitrogens is 3. The van der Waals surface area contributed by atoms with E-state index in [2.05, 4.69) is 15.0 Å². The first kappa shape index (κ1) is 15.7. The Kier molecular flexibility index (Phi) is 4.25. The maximum atomic E-state index is 12.9. The highest BCUT2D eigenvalue weighted by atomic mass is 19.4. The van der Waals surface area contributed by atoms with Crippen LogP contribution in [-0.2, 0) is 11.0 Å². The Bertz CT molecular complexity index is 677. The standard InChI is InChI=1S/C13H11F3N4O2/c1-20(7-11(21)22)12-18-9(8-3-2-4-17-6-8)5-10(19-12)13(14,15)16/h2-6H,7H2,1H3,(H,21,22). The van der Waals surface area contributed by atoms with Crippen molar-refractivity contribution >= 4 is 11.9 Å².